The molecule has 1 aliphatic heterocycles. The SMILES string of the molecule is CCNC(=NCC(C)COCc1ccccc1)N(C)CCC1CCOCC1.I. The number of nitrogens with zero attached hydrogens (tertiary/aromatic N) is 2. The first-order chi connectivity index (χ1) is 13.2. The van der Waals surface area contributed by atoms with Crippen LogP contribution in [0.4, 0.5) is 0 Å². The lowest BCUT2D eigenvalue weighted by molar-refractivity contribution is 0.0625. The van der Waals surface area contributed by atoms with E-state index in [1.807, 2.05) is 18.2 Å². The molecule has 1 heterocycles. The van der Waals surface area contributed by atoms with Gasteiger partial charge in [-0.15, -0.1) is 24.0 Å². The van der Waals surface area contributed by atoms with E-state index in [0.717, 1.165) is 51.3 Å². The summed E-state index contributed by atoms with van der Waals surface area (Å²) in [6.07, 6.45) is 3.59. The van der Waals surface area contributed by atoms with Crippen LogP contribution >= 0.6 is 24.0 Å². The van der Waals surface area contributed by atoms with Crippen molar-refractivity contribution in [3.63, 3.8) is 0 Å². The molecule has 5 nitrogen and oxygen atoms in total. The van der Waals surface area contributed by atoms with Gasteiger partial charge >= 0.3 is 0 Å². The van der Waals surface area contributed by atoms with E-state index in [-0.39, 0.29) is 24.0 Å². The first kappa shape index (κ1) is 25.2. The molecule has 1 aromatic rings. The second-order valence-corrected chi connectivity index (χ2v) is 7.57. The van der Waals surface area contributed by atoms with Crippen molar-refractivity contribution < 1.29 is 9.47 Å². The van der Waals surface area contributed by atoms with E-state index < -0.39 is 0 Å². The summed E-state index contributed by atoms with van der Waals surface area (Å²) >= 11 is 0. The van der Waals surface area contributed by atoms with Gasteiger partial charge in [-0.25, -0.2) is 0 Å². The van der Waals surface area contributed by atoms with Gasteiger partial charge in [-0.1, -0.05) is 37.3 Å². The van der Waals surface area contributed by atoms with E-state index in [1.54, 1.807) is 0 Å². The molecule has 0 saturated carbocycles. The summed E-state index contributed by atoms with van der Waals surface area (Å²) < 4.78 is 11.3. The molecule has 0 spiro atoms. The first-order valence-corrected chi connectivity index (χ1v) is 10.4. The fraction of sp³-hybridized carbons (Fsp3) is 0.682. The molecular weight excluding hydrogens is 465 g/mol. The Labute approximate surface area is 188 Å². The van der Waals surface area contributed by atoms with Crippen LogP contribution in [0, 0.1) is 11.8 Å². The Hall–Kier alpha value is -0.860. The fourth-order valence-electron chi connectivity index (χ4n) is 3.23. The van der Waals surface area contributed by atoms with E-state index >= 15 is 0 Å². The van der Waals surface area contributed by atoms with Gasteiger partial charge in [0.15, 0.2) is 5.96 Å². The van der Waals surface area contributed by atoms with E-state index in [1.165, 1.54) is 24.8 Å². The number of ether oxygens (including phenoxy) is 2. The Morgan fingerprint density at radius 2 is 2.00 bits per heavy atom. The minimum atomic E-state index is 0. The third kappa shape index (κ3) is 10.1. The van der Waals surface area contributed by atoms with Crippen LogP contribution in [0.5, 0.6) is 0 Å². The predicted molar refractivity (Wildman–Crippen MR) is 127 cm³/mol. The van der Waals surface area contributed by atoms with Gasteiger partial charge < -0.3 is 19.7 Å². The summed E-state index contributed by atoms with van der Waals surface area (Å²) in [6, 6.07) is 10.3. The van der Waals surface area contributed by atoms with Crippen LogP contribution in [-0.4, -0.2) is 57.4 Å². The normalized spacial score (nSPS) is 16.3. The van der Waals surface area contributed by atoms with Crippen molar-refractivity contribution in [2.45, 2.75) is 39.7 Å². The Morgan fingerprint density at radius 1 is 1.29 bits per heavy atom. The number of halogens is 1. The zero-order valence-corrected chi connectivity index (χ0v) is 20.1. The predicted octanol–water partition coefficient (Wildman–Crippen LogP) is 4.17. The number of rotatable bonds is 10. The molecular formula is C22H38IN3O2. The highest BCUT2D eigenvalue weighted by atomic mass is 127. The van der Waals surface area contributed by atoms with Crippen molar-refractivity contribution in [1.29, 1.82) is 0 Å². The maximum Gasteiger partial charge on any atom is 0.193 e. The van der Waals surface area contributed by atoms with E-state index in [2.05, 4.69) is 43.2 Å². The van der Waals surface area contributed by atoms with Gasteiger partial charge in [0.25, 0.3) is 0 Å². The molecule has 1 fully saturated rings. The maximum absolute atomic E-state index is 5.85. The number of aliphatic imine (C=N–C) groups is 1. The molecule has 1 aromatic carbocycles. The smallest absolute Gasteiger partial charge is 0.193 e. The molecule has 1 N–H and O–H groups in total. The molecule has 1 atom stereocenters. The van der Waals surface area contributed by atoms with Crippen LogP contribution in [0.25, 0.3) is 0 Å². The molecule has 28 heavy (non-hydrogen) atoms. The van der Waals surface area contributed by atoms with Crippen LogP contribution < -0.4 is 5.32 Å². The van der Waals surface area contributed by atoms with Crippen LogP contribution in [0.15, 0.2) is 35.3 Å². The zero-order valence-electron chi connectivity index (χ0n) is 17.7. The molecule has 1 saturated heterocycles. The van der Waals surface area contributed by atoms with Gasteiger partial charge in [-0.05, 0) is 43.6 Å². The Kier molecular flexibility index (Phi) is 13.5. The molecule has 160 valence electrons. The lowest BCUT2D eigenvalue weighted by Crippen LogP contribution is -2.40. The minimum absolute atomic E-state index is 0. The Morgan fingerprint density at radius 3 is 2.68 bits per heavy atom. The van der Waals surface area contributed by atoms with E-state index in [4.69, 9.17) is 14.5 Å². The quantitative estimate of drug-likeness (QED) is 0.296. The second-order valence-electron chi connectivity index (χ2n) is 7.57. The van der Waals surface area contributed by atoms with Crippen LogP contribution in [-0.2, 0) is 16.1 Å². The van der Waals surface area contributed by atoms with E-state index in [0.29, 0.717) is 12.5 Å². The van der Waals surface area contributed by atoms with Gasteiger partial charge in [0.05, 0.1) is 13.2 Å². The molecule has 0 aliphatic carbocycles. The highest BCUT2D eigenvalue weighted by Gasteiger charge is 2.15. The number of hydrogen-bond donors (Lipinski definition) is 1. The van der Waals surface area contributed by atoms with Crippen molar-refractivity contribution in [2.75, 3.05) is 46.5 Å². The Balaban J connectivity index is 0.00000392. The van der Waals surface area contributed by atoms with Gasteiger partial charge in [-0.2, -0.15) is 0 Å². The number of hydrogen-bond acceptors (Lipinski definition) is 3. The number of benzene rings is 1. The van der Waals surface area contributed by atoms with E-state index in [9.17, 15) is 0 Å². The first-order valence-electron chi connectivity index (χ1n) is 10.4. The third-order valence-electron chi connectivity index (χ3n) is 4.98. The van der Waals surface area contributed by atoms with Crippen molar-refractivity contribution in [3.05, 3.63) is 35.9 Å². The van der Waals surface area contributed by atoms with Crippen LogP contribution in [0.2, 0.25) is 0 Å². The Bertz CT molecular complexity index is 536. The van der Waals surface area contributed by atoms with Crippen LogP contribution in [0.1, 0.15) is 38.7 Å². The van der Waals surface area contributed by atoms with Crippen LogP contribution in [0.3, 0.4) is 0 Å². The van der Waals surface area contributed by atoms with Gasteiger partial charge in [0, 0.05) is 39.9 Å². The summed E-state index contributed by atoms with van der Waals surface area (Å²) in [5, 5.41) is 3.42. The molecule has 0 aromatic heterocycles. The number of guanidine groups is 1. The summed E-state index contributed by atoms with van der Waals surface area (Å²) in [6.45, 7) is 10.2. The standard InChI is InChI=1S/C22H37N3O2.HI/c1-4-23-22(25(3)13-10-20-11-14-26-15-12-20)24-16-19(2)17-27-18-21-8-6-5-7-9-21;/h5-9,19-20H,4,10-18H2,1-3H3,(H,23,24);1H. The molecule has 1 aliphatic rings. The molecule has 0 bridgehead atoms. The van der Waals surface area contributed by atoms with Crippen molar-refractivity contribution in [1.82, 2.24) is 10.2 Å². The monoisotopic (exact) mass is 503 g/mol. The largest absolute Gasteiger partial charge is 0.381 e. The fourth-order valence-corrected chi connectivity index (χ4v) is 3.23. The van der Waals surface area contributed by atoms with Gasteiger partial charge in [0.1, 0.15) is 0 Å². The molecule has 1 unspecified atom stereocenters. The second kappa shape index (κ2) is 15.0. The highest BCUT2D eigenvalue weighted by molar-refractivity contribution is 14.0. The van der Waals surface area contributed by atoms with Crippen molar-refractivity contribution in [2.24, 2.45) is 16.8 Å². The lowest BCUT2D eigenvalue weighted by Gasteiger charge is -2.27. The maximum atomic E-state index is 5.85. The molecule has 6 heteroatoms. The summed E-state index contributed by atoms with van der Waals surface area (Å²) in [5.41, 5.74) is 1.22. The van der Waals surface area contributed by atoms with Crippen molar-refractivity contribution in [3.8, 4) is 0 Å². The average Bonchev–Trinajstić information content (AvgIpc) is 2.71. The summed E-state index contributed by atoms with van der Waals surface area (Å²) in [4.78, 5) is 7.09. The summed E-state index contributed by atoms with van der Waals surface area (Å²) in [5.74, 6) is 2.18. The van der Waals surface area contributed by atoms with Gasteiger partial charge in [0.2, 0.25) is 0 Å². The zero-order chi connectivity index (χ0) is 19.3. The van der Waals surface area contributed by atoms with Gasteiger partial charge in [-0.3, -0.25) is 4.99 Å². The minimum Gasteiger partial charge on any atom is -0.381 e. The molecule has 0 amide bonds. The molecule has 0 radical (unpaired) electrons. The van der Waals surface area contributed by atoms with Crippen molar-refractivity contribution >= 4 is 29.9 Å². The topological polar surface area (TPSA) is 46.1 Å². The lowest BCUT2D eigenvalue weighted by atomic mass is 9.96. The average molecular weight is 503 g/mol. The number of nitrogens with one attached hydrogen (secondary N) is 1. The third-order valence-corrected chi connectivity index (χ3v) is 4.98. The molecule has 2 rings (SSSR count). The summed E-state index contributed by atoms with van der Waals surface area (Å²) in [7, 11) is 2.14. The highest BCUT2D eigenvalue weighted by Crippen LogP contribution is 2.18.